The molecule has 0 spiro atoms. The number of nitrogens with two attached hydrogens (primary N) is 1. The van der Waals surface area contributed by atoms with Gasteiger partial charge in [-0.3, -0.25) is 4.90 Å². The molecule has 23 heavy (non-hydrogen) atoms. The Kier molecular flexibility index (Phi) is 5.30. The highest BCUT2D eigenvalue weighted by molar-refractivity contribution is 6.31. The van der Waals surface area contributed by atoms with Crippen LogP contribution in [0.1, 0.15) is 42.6 Å². The summed E-state index contributed by atoms with van der Waals surface area (Å²) in [7, 11) is 3.61. The van der Waals surface area contributed by atoms with Crippen molar-refractivity contribution in [2.24, 2.45) is 5.73 Å². The molecule has 1 unspecified atom stereocenters. The van der Waals surface area contributed by atoms with E-state index in [1.807, 2.05) is 0 Å². The third-order valence-corrected chi connectivity index (χ3v) is 4.49. The van der Waals surface area contributed by atoms with Gasteiger partial charge in [-0.1, -0.05) is 22.8 Å². The van der Waals surface area contributed by atoms with Gasteiger partial charge < -0.3 is 10.3 Å². The van der Waals surface area contributed by atoms with E-state index in [0.717, 1.165) is 19.3 Å². The van der Waals surface area contributed by atoms with Crippen molar-refractivity contribution in [1.82, 2.24) is 15.0 Å². The number of halogens is 3. The molecule has 0 bridgehead atoms. The second-order valence-electron chi connectivity index (χ2n) is 5.97. The van der Waals surface area contributed by atoms with Crippen LogP contribution in [0.4, 0.5) is 4.39 Å². The normalized spacial score (nSPS) is 17.5. The van der Waals surface area contributed by atoms with Gasteiger partial charge in [-0.25, -0.2) is 4.39 Å². The predicted molar refractivity (Wildman–Crippen MR) is 88.2 cm³/mol. The zero-order chi connectivity index (χ0) is 15.9. The molecule has 5 nitrogen and oxygen atoms in total. The monoisotopic (exact) mass is 360 g/mol. The standard InChI is InChI=1S/C15H18ClFN4O.ClH/c1-21(2)12(11-9(16)5-3-6-10(11)17)13-19-14(20-22-13)15(18)7-4-8-15;/h3,5-6,12H,4,7-8,18H2,1-2H3;1H. The molecule has 126 valence electrons. The fraction of sp³-hybridized carbons (Fsp3) is 0.467. The Morgan fingerprint density at radius 2 is 2.09 bits per heavy atom. The van der Waals surface area contributed by atoms with Gasteiger partial charge >= 0.3 is 0 Å². The van der Waals surface area contributed by atoms with E-state index in [1.165, 1.54) is 6.07 Å². The van der Waals surface area contributed by atoms with E-state index >= 15 is 0 Å². The van der Waals surface area contributed by atoms with Crippen LogP contribution in [-0.4, -0.2) is 29.1 Å². The van der Waals surface area contributed by atoms with Crippen molar-refractivity contribution in [2.75, 3.05) is 14.1 Å². The number of rotatable bonds is 4. The Balaban J connectivity index is 0.00000192. The summed E-state index contributed by atoms with van der Waals surface area (Å²) in [5.41, 5.74) is 6.02. The number of benzene rings is 1. The first-order valence-electron chi connectivity index (χ1n) is 7.16. The van der Waals surface area contributed by atoms with Gasteiger partial charge in [0.1, 0.15) is 11.9 Å². The summed E-state index contributed by atoms with van der Waals surface area (Å²) in [6.07, 6.45) is 2.72. The van der Waals surface area contributed by atoms with E-state index in [2.05, 4.69) is 10.1 Å². The van der Waals surface area contributed by atoms with E-state index in [9.17, 15) is 4.39 Å². The van der Waals surface area contributed by atoms with Gasteiger partial charge in [0.05, 0.1) is 5.54 Å². The van der Waals surface area contributed by atoms with Crippen LogP contribution in [0.5, 0.6) is 0 Å². The molecule has 1 saturated carbocycles. The van der Waals surface area contributed by atoms with Crippen molar-refractivity contribution in [3.8, 4) is 0 Å². The Bertz CT molecular complexity index is 668. The number of hydrogen-bond acceptors (Lipinski definition) is 5. The molecular formula is C15H19Cl2FN4O. The molecule has 2 N–H and O–H groups in total. The lowest BCUT2D eigenvalue weighted by Crippen LogP contribution is -2.44. The van der Waals surface area contributed by atoms with Gasteiger partial charge in [0, 0.05) is 10.6 Å². The Hall–Kier alpha value is -1.21. The molecule has 2 aromatic rings. The summed E-state index contributed by atoms with van der Waals surface area (Å²) < 4.78 is 19.6. The van der Waals surface area contributed by atoms with E-state index in [4.69, 9.17) is 21.9 Å². The lowest BCUT2D eigenvalue weighted by molar-refractivity contribution is 0.225. The van der Waals surface area contributed by atoms with E-state index < -0.39 is 17.4 Å². The van der Waals surface area contributed by atoms with Gasteiger partial charge in [-0.05, 0) is 45.5 Å². The Morgan fingerprint density at radius 1 is 1.39 bits per heavy atom. The van der Waals surface area contributed by atoms with Crippen LogP contribution in [0.25, 0.3) is 0 Å². The van der Waals surface area contributed by atoms with Crippen molar-refractivity contribution < 1.29 is 8.91 Å². The topological polar surface area (TPSA) is 68.2 Å². The molecule has 1 aromatic heterocycles. The zero-order valence-electron chi connectivity index (χ0n) is 12.9. The molecule has 1 fully saturated rings. The van der Waals surface area contributed by atoms with Crippen LogP contribution in [0.3, 0.4) is 0 Å². The van der Waals surface area contributed by atoms with Crippen LogP contribution in [0.2, 0.25) is 5.02 Å². The molecule has 0 saturated heterocycles. The minimum absolute atomic E-state index is 0. The minimum atomic E-state index is -0.557. The largest absolute Gasteiger partial charge is 0.337 e. The molecule has 1 aliphatic rings. The lowest BCUT2D eigenvalue weighted by Gasteiger charge is -2.34. The smallest absolute Gasteiger partial charge is 0.248 e. The summed E-state index contributed by atoms with van der Waals surface area (Å²) >= 11 is 6.17. The summed E-state index contributed by atoms with van der Waals surface area (Å²) in [4.78, 5) is 6.20. The fourth-order valence-electron chi connectivity index (χ4n) is 2.70. The highest BCUT2D eigenvalue weighted by atomic mass is 35.5. The maximum absolute atomic E-state index is 14.2. The fourth-order valence-corrected chi connectivity index (χ4v) is 2.97. The molecular weight excluding hydrogens is 342 g/mol. The molecule has 1 atom stereocenters. The molecule has 0 aliphatic heterocycles. The van der Waals surface area contributed by atoms with Crippen molar-refractivity contribution in [1.29, 1.82) is 0 Å². The molecule has 0 radical (unpaired) electrons. The molecule has 0 amide bonds. The summed E-state index contributed by atoms with van der Waals surface area (Å²) in [5.74, 6) is 0.369. The van der Waals surface area contributed by atoms with Crippen molar-refractivity contribution >= 4 is 24.0 Å². The molecule has 1 aliphatic carbocycles. The average Bonchev–Trinajstić information content (AvgIpc) is 2.89. The quantitative estimate of drug-likeness (QED) is 0.905. The second-order valence-corrected chi connectivity index (χ2v) is 6.37. The summed E-state index contributed by atoms with van der Waals surface area (Å²) in [6, 6.07) is 4.02. The van der Waals surface area contributed by atoms with Gasteiger partial charge in [-0.15, -0.1) is 12.4 Å². The highest BCUT2D eigenvalue weighted by Crippen LogP contribution is 2.39. The van der Waals surface area contributed by atoms with Gasteiger partial charge in [-0.2, -0.15) is 4.98 Å². The van der Waals surface area contributed by atoms with E-state index in [-0.39, 0.29) is 12.4 Å². The van der Waals surface area contributed by atoms with Crippen LogP contribution in [-0.2, 0) is 5.54 Å². The SMILES string of the molecule is CN(C)C(c1nc(C2(N)CCC2)no1)c1c(F)cccc1Cl.Cl. The predicted octanol–water partition coefficient (Wildman–Crippen LogP) is 3.27. The Labute approximate surface area is 145 Å². The maximum atomic E-state index is 14.2. The molecule has 8 heteroatoms. The van der Waals surface area contributed by atoms with Crippen LogP contribution < -0.4 is 5.73 Å². The van der Waals surface area contributed by atoms with Gasteiger partial charge in [0.25, 0.3) is 0 Å². The van der Waals surface area contributed by atoms with Crippen molar-refractivity contribution in [2.45, 2.75) is 30.8 Å². The third-order valence-electron chi connectivity index (χ3n) is 4.16. The van der Waals surface area contributed by atoms with Gasteiger partial charge in [0.2, 0.25) is 5.89 Å². The first-order chi connectivity index (χ1) is 10.4. The van der Waals surface area contributed by atoms with Crippen LogP contribution >= 0.6 is 24.0 Å². The highest BCUT2D eigenvalue weighted by Gasteiger charge is 2.40. The number of hydrogen-bond donors (Lipinski definition) is 1. The number of nitrogens with zero attached hydrogens (tertiary/aromatic N) is 3. The third kappa shape index (κ3) is 3.21. The average molecular weight is 361 g/mol. The van der Waals surface area contributed by atoms with Gasteiger partial charge in [0.15, 0.2) is 5.82 Å². The van der Waals surface area contributed by atoms with Crippen molar-refractivity contribution in [3.05, 3.63) is 46.3 Å². The number of aromatic nitrogens is 2. The van der Waals surface area contributed by atoms with Crippen LogP contribution in [0.15, 0.2) is 22.7 Å². The first kappa shape index (κ1) is 18.1. The summed E-state index contributed by atoms with van der Waals surface area (Å²) in [5, 5.41) is 4.32. The Morgan fingerprint density at radius 3 is 2.61 bits per heavy atom. The van der Waals surface area contributed by atoms with E-state index in [1.54, 1.807) is 31.1 Å². The molecule has 1 aromatic carbocycles. The first-order valence-corrected chi connectivity index (χ1v) is 7.53. The minimum Gasteiger partial charge on any atom is -0.337 e. The second kappa shape index (κ2) is 6.73. The molecule has 1 heterocycles. The zero-order valence-corrected chi connectivity index (χ0v) is 14.5. The lowest BCUT2D eigenvalue weighted by atomic mass is 9.77. The molecule has 3 rings (SSSR count). The van der Waals surface area contributed by atoms with Crippen molar-refractivity contribution in [3.63, 3.8) is 0 Å². The summed E-state index contributed by atoms with van der Waals surface area (Å²) in [6.45, 7) is 0. The van der Waals surface area contributed by atoms with Crippen LogP contribution in [0, 0.1) is 5.82 Å². The maximum Gasteiger partial charge on any atom is 0.248 e. The van der Waals surface area contributed by atoms with E-state index in [0.29, 0.717) is 22.3 Å².